The highest BCUT2D eigenvalue weighted by Crippen LogP contribution is 2.36. The first-order chi connectivity index (χ1) is 16.2. The molecule has 0 fully saturated rings. The van der Waals surface area contributed by atoms with E-state index in [1.807, 2.05) is 6.07 Å². The number of nitrogens with one attached hydrogen (secondary N) is 1. The summed E-state index contributed by atoms with van der Waals surface area (Å²) in [6, 6.07) is 16.1. The van der Waals surface area contributed by atoms with Crippen LogP contribution in [0.4, 0.5) is 11.4 Å². The number of nitro groups is 1. The molecule has 0 spiro atoms. The van der Waals surface area contributed by atoms with E-state index in [-0.39, 0.29) is 33.6 Å². The van der Waals surface area contributed by atoms with E-state index >= 15 is 0 Å². The molecule has 0 aliphatic rings. The van der Waals surface area contributed by atoms with Gasteiger partial charge < -0.3 is 10.1 Å². The second-order valence-corrected chi connectivity index (χ2v) is 9.25. The van der Waals surface area contributed by atoms with Gasteiger partial charge in [0.05, 0.1) is 29.6 Å². The normalized spacial score (nSPS) is 11.0. The maximum atomic E-state index is 12.6. The van der Waals surface area contributed by atoms with Gasteiger partial charge in [-0.3, -0.25) is 14.9 Å². The van der Waals surface area contributed by atoms with Crippen LogP contribution < -0.4 is 10.1 Å². The van der Waals surface area contributed by atoms with Crippen molar-refractivity contribution in [2.75, 3.05) is 5.32 Å². The number of hydrogen-bond acceptors (Lipinski definition) is 5. The molecule has 0 atom stereocenters. The molecule has 172 valence electrons. The van der Waals surface area contributed by atoms with Crippen molar-refractivity contribution in [3.63, 3.8) is 0 Å². The summed E-state index contributed by atoms with van der Waals surface area (Å²) in [5, 5.41) is 23.3. The number of benzene rings is 3. The average molecular weight is 626 g/mol. The second-order valence-electron chi connectivity index (χ2n) is 6.75. The fourth-order valence-corrected chi connectivity index (χ4v) is 4.57. The zero-order chi connectivity index (χ0) is 24.8. The zero-order valence-corrected chi connectivity index (χ0v) is 21.7. The molecule has 0 aliphatic heterocycles. The Morgan fingerprint density at radius 2 is 1.79 bits per heavy atom. The summed E-state index contributed by atoms with van der Waals surface area (Å²) >= 11 is 18.9. The molecule has 0 aliphatic carbocycles. The highest BCUT2D eigenvalue weighted by molar-refractivity contribution is 9.11. The van der Waals surface area contributed by atoms with E-state index in [0.717, 1.165) is 5.56 Å². The Morgan fingerprint density at radius 3 is 2.38 bits per heavy atom. The van der Waals surface area contributed by atoms with Gasteiger partial charge in [-0.15, -0.1) is 0 Å². The number of carbonyl (C=O) groups is 1. The van der Waals surface area contributed by atoms with Crippen molar-refractivity contribution in [1.29, 1.82) is 5.26 Å². The van der Waals surface area contributed by atoms with Crippen LogP contribution in [-0.4, -0.2) is 10.8 Å². The number of hydrogen-bond donors (Lipinski definition) is 1. The minimum atomic E-state index is -0.641. The van der Waals surface area contributed by atoms with Gasteiger partial charge in [0.1, 0.15) is 24.0 Å². The predicted octanol–water partition coefficient (Wildman–Crippen LogP) is 7.55. The van der Waals surface area contributed by atoms with Crippen molar-refractivity contribution in [1.82, 2.24) is 0 Å². The topological polar surface area (TPSA) is 105 Å². The number of anilines is 1. The molecule has 7 nitrogen and oxygen atoms in total. The van der Waals surface area contributed by atoms with Crippen LogP contribution in [0.1, 0.15) is 11.1 Å². The van der Waals surface area contributed by atoms with Crippen molar-refractivity contribution < 1.29 is 14.5 Å². The third-order valence-corrected chi connectivity index (χ3v) is 6.42. The number of nitriles is 1. The lowest BCUT2D eigenvalue weighted by molar-refractivity contribution is -0.384. The number of non-ortho nitro benzene ring substituents is 1. The van der Waals surface area contributed by atoms with E-state index in [4.69, 9.17) is 27.9 Å². The summed E-state index contributed by atoms with van der Waals surface area (Å²) in [6.07, 6.45) is 1.42. The molecule has 0 radical (unpaired) electrons. The van der Waals surface area contributed by atoms with Gasteiger partial charge in [-0.05, 0) is 85.5 Å². The molecule has 1 amide bonds. The van der Waals surface area contributed by atoms with Crippen LogP contribution in [0.2, 0.25) is 10.0 Å². The standard InChI is InChI=1S/C23H13Br2Cl2N3O4/c24-17-9-14(8-15(11-28)23(31)29-20-3-1-2-19(26)21(20)27)10-18(25)22(17)34-12-13-4-6-16(7-5-13)30(32)33/h1-10H,12H2,(H,29,31)/b15-8-. The number of nitrogens with zero attached hydrogens (tertiary/aromatic N) is 2. The lowest BCUT2D eigenvalue weighted by Crippen LogP contribution is -2.13. The number of rotatable bonds is 7. The molecule has 3 aromatic carbocycles. The van der Waals surface area contributed by atoms with Crippen LogP contribution in [0, 0.1) is 21.4 Å². The Balaban J connectivity index is 1.76. The first kappa shape index (κ1) is 25.7. The average Bonchev–Trinajstić information content (AvgIpc) is 2.80. The van der Waals surface area contributed by atoms with Gasteiger partial charge in [0, 0.05) is 12.1 Å². The SMILES string of the molecule is N#C/C(=C/c1cc(Br)c(OCc2ccc([N+](=O)[O-])cc2)c(Br)c1)C(=O)Nc1cccc(Cl)c1Cl. The molecule has 0 saturated heterocycles. The van der Waals surface area contributed by atoms with Crippen molar-refractivity contribution >= 4 is 78.4 Å². The van der Waals surface area contributed by atoms with Gasteiger partial charge in [-0.2, -0.15) is 5.26 Å². The van der Waals surface area contributed by atoms with Crippen LogP contribution in [0.5, 0.6) is 5.75 Å². The lowest BCUT2D eigenvalue weighted by atomic mass is 10.1. The van der Waals surface area contributed by atoms with Crippen LogP contribution in [-0.2, 0) is 11.4 Å². The summed E-state index contributed by atoms with van der Waals surface area (Å²) in [4.78, 5) is 22.9. The number of nitro benzene ring substituents is 1. The Bertz CT molecular complexity index is 1320. The smallest absolute Gasteiger partial charge is 0.269 e. The largest absolute Gasteiger partial charge is 0.487 e. The first-order valence-electron chi connectivity index (χ1n) is 9.42. The monoisotopic (exact) mass is 623 g/mol. The number of ether oxygens (including phenoxy) is 1. The highest BCUT2D eigenvalue weighted by atomic mass is 79.9. The fourth-order valence-electron chi connectivity index (χ4n) is 2.78. The number of carbonyl (C=O) groups excluding carboxylic acids is 1. The summed E-state index contributed by atoms with van der Waals surface area (Å²) < 4.78 is 6.98. The van der Waals surface area contributed by atoms with E-state index in [0.29, 0.717) is 20.3 Å². The molecular weight excluding hydrogens is 613 g/mol. The molecule has 34 heavy (non-hydrogen) atoms. The first-order valence-corrected chi connectivity index (χ1v) is 11.8. The number of amides is 1. The molecule has 3 aromatic rings. The van der Waals surface area contributed by atoms with E-state index < -0.39 is 10.8 Å². The highest BCUT2D eigenvalue weighted by Gasteiger charge is 2.15. The van der Waals surface area contributed by atoms with Gasteiger partial charge >= 0.3 is 0 Å². The lowest BCUT2D eigenvalue weighted by Gasteiger charge is -2.12. The minimum absolute atomic E-state index is 0.00258. The molecule has 0 aromatic heterocycles. The number of halogens is 4. The van der Waals surface area contributed by atoms with Gasteiger partial charge in [0.2, 0.25) is 0 Å². The molecule has 0 unspecified atom stereocenters. The van der Waals surface area contributed by atoms with E-state index in [9.17, 15) is 20.2 Å². The van der Waals surface area contributed by atoms with Gasteiger partial charge in [-0.25, -0.2) is 0 Å². The molecule has 1 N–H and O–H groups in total. The summed E-state index contributed by atoms with van der Waals surface area (Å²) in [7, 11) is 0. The Labute approximate surface area is 221 Å². The van der Waals surface area contributed by atoms with E-state index in [1.54, 1.807) is 42.5 Å². The summed E-state index contributed by atoms with van der Waals surface area (Å²) in [5.74, 6) is -0.151. The molecule has 3 rings (SSSR count). The van der Waals surface area contributed by atoms with E-state index in [1.165, 1.54) is 18.2 Å². The molecule has 0 saturated carbocycles. The molecular formula is C23H13Br2Cl2N3O4. The van der Waals surface area contributed by atoms with Crippen molar-refractivity contribution in [2.24, 2.45) is 0 Å². The Kier molecular flexibility index (Phi) is 8.69. The van der Waals surface area contributed by atoms with Crippen LogP contribution >= 0.6 is 55.1 Å². The quantitative estimate of drug-likeness (QED) is 0.126. The maximum absolute atomic E-state index is 12.6. The summed E-state index contributed by atoms with van der Waals surface area (Å²) in [5.41, 5.74) is 1.45. The predicted molar refractivity (Wildman–Crippen MR) is 138 cm³/mol. The van der Waals surface area contributed by atoms with Crippen molar-refractivity contribution in [3.8, 4) is 11.8 Å². The van der Waals surface area contributed by atoms with Crippen LogP contribution in [0.15, 0.2) is 69.1 Å². The third-order valence-electron chi connectivity index (χ3n) is 4.43. The fraction of sp³-hybridized carbons (Fsp3) is 0.0435. The Hall–Kier alpha value is -2.90. The van der Waals surface area contributed by atoms with Gasteiger partial charge in [0.25, 0.3) is 11.6 Å². The zero-order valence-electron chi connectivity index (χ0n) is 17.0. The minimum Gasteiger partial charge on any atom is -0.487 e. The van der Waals surface area contributed by atoms with Crippen LogP contribution in [0.25, 0.3) is 6.08 Å². The van der Waals surface area contributed by atoms with Crippen molar-refractivity contribution in [3.05, 3.63) is 100 Å². The third kappa shape index (κ3) is 6.36. The Morgan fingerprint density at radius 1 is 1.15 bits per heavy atom. The van der Waals surface area contributed by atoms with Crippen molar-refractivity contribution in [2.45, 2.75) is 6.61 Å². The molecule has 0 heterocycles. The maximum Gasteiger partial charge on any atom is 0.269 e. The van der Waals surface area contributed by atoms with Gasteiger partial charge in [-0.1, -0.05) is 29.3 Å². The molecule has 0 bridgehead atoms. The van der Waals surface area contributed by atoms with Crippen LogP contribution in [0.3, 0.4) is 0 Å². The summed E-state index contributed by atoms with van der Waals surface area (Å²) in [6.45, 7) is 0.177. The second kappa shape index (κ2) is 11.5. The van der Waals surface area contributed by atoms with E-state index in [2.05, 4.69) is 37.2 Å². The molecule has 11 heteroatoms. The van der Waals surface area contributed by atoms with Gasteiger partial charge in [0.15, 0.2) is 0 Å².